The number of hydrogen-bond donors (Lipinski definition) is 7. The highest BCUT2D eigenvalue weighted by Gasteiger charge is 2.51. The molecule has 0 aliphatic heterocycles. The summed E-state index contributed by atoms with van der Waals surface area (Å²) in [6, 6.07) is 2.28. The third-order valence-electron chi connectivity index (χ3n) is 8.25. The van der Waals surface area contributed by atoms with Gasteiger partial charge in [-0.2, -0.15) is 0 Å². The lowest BCUT2D eigenvalue weighted by atomic mass is 9.73. The van der Waals surface area contributed by atoms with Gasteiger partial charge in [-0.1, -0.05) is 29.4 Å². The lowest BCUT2D eigenvalue weighted by Crippen LogP contribution is -2.49. The smallest absolute Gasteiger partial charge is 0.207 e. The molecule has 0 heterocycles. The Morgan fingerprint density at radius 3 is 1.95 bits per heavy atom. The predicted molar refractivity (Wildman–Crippen MR) is 165 cm³/mol. The molecule has 2 atom stereocenters. The van der Waals surface area contributed by atoms with Crippen LogP contribution in [0, 0.1) is 6.92 Å². The highest BCUT2D eigenvalue weighted by Crippen LogP contribution is 2.47. The van der Waals surface area contributed by atoms with E-state index in [4.69, 9.17) is 0 Å². The van der Waals surface area contributed by atoms with Gasteiger partial charge < -0.3 is 35.7 Å². The molecule has 2 unspecified atom stereocenters. The number of benzene rings is 2. The van der Waals surface area contributed by atoms with Crippen molar-refractivity contribution in [2.75, 3.05) is 6.61 Å². The first kappa shape index (κ1) is 34.0. The summed E-state index contributed by atoms with van der Waals surface area (Å²) in [6.07, 6.45) is 8.06. The van der Waals surface area contributed by atoms with Gasteiger partial charge in [-0.25, -0.2) is 0 Å². The van der Waals surface area contributed by atoms with Crippen molar-refractivity contribution in [2.45, 2.75) is 96.9 Å². The average Bonchev–Trinajstić information content (AvgIpc) is 2.91. The van der Waals surface area contributed by atoms with Crippen LogP contribution in [-0.4, -0.2) is 71.2 Å². The van der Waals surface area contributed by atoms with Crippen LogP contribution in [0.2, 0.25) is 0 Å². The Bertz CT molecular complexity index is 1430. The molecule has 0 radical (unpaired) electrons. The SMILES string of the molecule is C/C(=C\CC/C(C)=C/CC1(O)C(=O)c2c(O)cc(C)c3c(O)cc(O)c(c23)C1=O)CC/C=C(\CO)CCC(O)C(C)(C)O. The zero-order valence-corrected chi connectivity index (χ0v) is 25.6. The molecule has 3 rings (SSSR count). The van der Waals surface area contributed by atoms with E-state index in [0.717, 1.165) is 29.2 Å². The summed E-state index contributed by atoms with van der Waals surface area (Å²) in [5.41, 5.74) is -1.12. The number of carbonyl (C=O) groups is 2. The van der Waals surface area contributed by atoms with Crippen LogP contribution in [0.5, 0.6) is 17.2 Å². The molecule has 0 amide bonds. The molecule has 7 N–H and O–H groups in total. The van der Waals surface area contributed by atoms with Crippen LogP contribution in [0.15, 0.2) is 47.1 Å². The monoisotopic (exact) mass is 596 g/mol. The van der Waals surface area contributed by atoms with Crippen LogP contribution in [0.4, 0.5) is 0 Å². The summed E-state index contributed by atoms with van der Waals surface area (Å²) in [5, 5.41) is 72.4. The number of phenolic OH excluding ortho intramolecular Hbond substituents is 3. The molecular formula is C34H44O9. The number of aryl methyl sites for hydroxylation is 1. The first-order valence-corrected chi connectivity index (χ1v) is 14.6. The lowest BCUT2D eigenvalue weighted by molar-refractivity contribution is -0.0511. The van der Waals surface area contributed by atoms with Crippen LogP contribution < -0.4 is 0 Å². The Balaban J connectivity index is 1.65. The molecule has 2 aromatic rings. The van der Waals surface area contributed by atoms with Gasteiger partial charge >= 0.3 is 0 Å². The van der Waals surface area contributed by atoms with Gasteiger partial charge in [-0.3, -0.25) is 9.59 Å². The van der Waals surface area contributed by atoms with E-state index in [1.807, 2.05) is 19.9 Å². The second-order valence-corrected chi connectivity index (χ2v) is 12.3. The Morgan fingerprint density at radius 1 is 0.860 bits per heavy atom. The summed E-state index contributed by atoms with van der Waals surface area (Å²) in [5.74, 6) is -3.33. The molecule has 9 nitrogen and oxygen atoms in total. The minimum atomic E-state index is -2.52. The summed E-state index contributed by atoms with van der Waals surface area (Å²) >= 11 is 0. The first-order valence-electron chi connectivity index (χ1n) is 14.6. The number of Topliss-reactive ketones (excluding diaryl/α,β-unsaturated/α-hetero) is 2. The van der Waals surface area contributed by atoms with Crippen LogP contribution >= 0.6 is 0 Å². The molecule has 234 valence electrons. The number of rotatable bonds is 13. The van der Waals surface area contributed by atoms with E-state index in [1.54, 1.807) is 26.8 Å². The standard InChI is InChI=1S/C34H44O9/c1-19(10-7-11-22(18-35)12-13-26(39)33(4,5)42)8-6-9-20(2)14-15-34(43)31(40)28-23(36)16-21(3)27-24(37)17-25(38)29(30(27)28)32(34)41/h8,11,14,16-17,26,35-39,42-43H,6-7,9-10,12-13,15,18H2,1-5H3/b19-8+,20-14+,22-11-. The van der Waals surface area contributed by atoms with Crippen molar-refractivity contribution >= 4 is 22.3 Å². The molecular weight excluding hydrogens is 552 g/mol. The number of phenols is 3. The molecule has 0 saturated carbocycles. The fourth-order valence-electron chi connectivity index (χ4n) is 5.44. The van der Waals surface area contributed by atoms with Crippen molar-refractivity contribution in [1.82, 2.24) is 0 Å². The van der Waals surface area contributed by atoms with Crippen molar-refractivity contribution in [3.8, 4) is 17.2 Å². The predicted octanol–water partition coefficient (Wildman–Crippen LogP) is 5.05. The molecule has 43 heavy (non-hydrogen) atoms. The molecule has 0 aromatic heterocycles. The van der Waals surface area contributed by atoms with Gasteiger partial charge in [0.15, 0.2) is 5.60 Å². The third kappa shape index (κ3) is 7.36. The number of ketones is 2. The van der Waals surface area contributed by atoms with Crippen LogP contribution in [0.3, 0.4) is 0 Å². The van der Waals surface area contributed by atoms with Gasteiger partial charge in [0, 0.05) is 23.3 Å². The van der Waals surface area contributed by atoms with Crippen LogP contribution in [0.25, 0.3) is 10.8 Å². The summed E-state index contributed by atoms with van der Waals surface area (Å²) in [4.78, 5) is 26.8. The number of hydrogen-bond acceptors (Lipinski definition) is 9. The second-order valence-electron chi connectivity index (χ2n) is 12.3. The van der Waals surface area contributed by atoms with Gasteiger partial charge in [0.2, 0.25) is 11.6 Å². The van der Waals surface area contributed by atoms with E-state index in [1.165, 1.54) is 6.07 Å². The summed E-state index contributed by atoms with van der Waals surface area (Å²) < 4.78 is 0. The number of carbonyl (C=O) groups excluding carboxylic acids is 2. The highest BCUT2D eigenvalue weighted by atomic mass is 16.3. The number of aromatic hydroxyl groups is 3. The molecule has 1 aliphatic carbocycles. The Labute approximate surface area is 252 Å². The molecule has 0 saturated heterocycles. The maximum Gasteiger partial charge on any atom is 0.207 e. The largest absolute Gasteiger partial charge is 0.507 e. The zero-order chi connectivity index (χ0) is 32.3. The van der Waals surface area contributed by atoms with Gasteiger partial charge in [-0.05, 0) is 90.3 Å². The van der Waals surface area contributed by atoms with E-state index in [9.17, 15) is 45.3 Å². The first-order chi connectivity index (χ1) is 20.0. The van der Waals surface area contributed by atoms with Crippen molar-refractivity contribution in [1.29, 1.82) is 0 Å². The van der Waals surface area contributed by atoms with Gasteiger partial charge in [0.05, 0.1) is 29.4 Å². The quantitative estimate of drug-likeness (QED) is 0.123. The van der Waals surface area contributed by atoms with Crippen molar-refractivity contribution in [2.24, 2.45) is 0 Å². The van der Waals surface area contributed by atoms with E-state index >= 15 is 0 Å². The minimum absolute atomic E-state index is 0.0661. The molecule has 0 fully saturated rings. The Kier molecular flexibility index (Phi) is 10.6. The van der Waals surface area contributed by atoms with Crippen LogP contribution in [-0.2, 0) is 0 Å². The molecule has 1 aliphatic rings. The second kappa shape index (κ2) is 13.4. The minimum Gasteiger partial charge on any atom is -0.507 e. The van der Waals surface area contributed by atoms with Gasteiger partial charge in [0.1, 0.15) is 17.2 Å². The van der Waals surface area contributed by atoms with Crippen molar-refractivity contribution in [3.05, 3.63) is 63.8 Å². The van der Waals surface area contributed by atoms with Gasteiger partial charge in [-0.15, -0.1) is 0 Å². The average molecular weight is 597 g/mol. The highest BCUT2D eigenvalue weighted by molar-refractivity contribution is 6.36. The number of allylic oxidation sites excluding steroid dienone is 4. The molecule has 2 aromatic carbocycles. The lowest BCUT2D eigenvalue weighted by Gasteiger charge is -2.31. The fourth-order valence-corrected chi connectivity index (χ4v) is 5.44. The fraction of sp³-hybridized carbons (Fsp3) is 0.471. The van der Waals surface area contributed by atoms with Crippen molar-refractivity contribution < 1.29 is 45.3 Å². The maximum atomic E-state index is 13.4. The van der Waals surface area contributed by atoms with E-state index in [-0.39, 0.29) is 40.7 Å². The van der Waals surface area contributed by atoms with Crippen LogP contribution in [0.1, 0.15) is 98.9 Å². The maximum absolute atomic E-state index is 13.4. The van der Waals surface area contributed by atoms with Crippen molar-refractivity contribution in [3.63, 3.8) is 0 Å². The Morgan fingerprint density at radius 2 is 1.40 bits per heavy atom. The van der Waals surface area contributed by atoms with E-state index in [0.29, 0.717) is 37.7 Å². The molecule has 9 heteroatoms. The normalized spacial score (nSPS) is 19.0. The Hall–Kier alpha value is -3.50. The third-order valence-corrected chi connectivity index (χ3v) is 8.25. The summed E-state index contributed by atoms with van der Waals surface area (Å²) in [7, 11) is 0. The van der Waals surface area contributed by atoms with E-state index in [2.05, 4.69) is 6.08 Å². The topological polar surface area (TPSA) is 176 Å². The number of aliphatic hydroxyl groups excluding tert-OH is 2. The molecule has 0 spiro atoms. The van der Waals surface area contributed by atoms with Gasteiger partial charge in [0.25, 0.3) is 0 Å². The van der Waals surface area contributed by atoms with E-state index < -0.39 is 40.4 Å². The number of aliphatic hydroxyl groups is 4. The summed E-state index contributed by atoms with van der Waals surface area (Å²) in [6.45, 7) is 8.41. The molecule has 0 bridgehead atoms. The zero-order valence-electron chi connectivity index (χ0n) is 25.6.